The van der Waals surface area contributed by atoms with Crippen LogP contribution in [0.15, 0.2) is 11.0 Å². The van der Waals surface area contributed by atoms with Crippen LogP contribution in [0.4, 0.5) is 5.69 Å². The molecule has 0 unspecified atom stereocenters. The monoisotopic (exact) mass is 298 g/mol. The predicted octanol–water partition coefficient (Wildman–Crippen LogP) is 2.86. The molecule has 0 spiro atoms. The molecule has 20 heavy (non-hydrogen) atoms. The smallest absolute Gasteiger partial charge is 0.243 e. The molecule has 0 fully saturated rings. The van der Waals surface area contributed by atoms with Gasteiger partial charge < -0.3 is 5.73 Å². The summed E-state index contributed by atoms with van der Waals surface area (Å²) < 4.78 is 27.3. The standard InChI is InChI=1S/C15H26N2O2S/c1-7-17(9-10(2)3)20(18,19)15-12(5)8-11(4)14(16)13(15)6/h8,10H,7,9,16H2,1-6H3. The van der Waals surface area contributed by atoms with Crippen molar-refractivity contribution in [1.29, 1.82) is 0 Å². The van der Waals surface area contributed by atoms with Gasteiger partial charge in [-0.05, 0) is 43.4 Å². The molecule has 1 aromatic rings. The zero-order chi connectivity index (χ0) is 15.7. The number of nitrogen functional groups attached to an aromatic ring is 1. The third-order valence-corrected chi connectivity index (χ3v) is 5.71. The van der Waals surface area contributed by atoms with Crippen LogP contribution in [0.2, 0.25) is 0 Å². The van der Waals surface area contributed by atoms with Gasteiger partial charge in [0, 0.05) is 18.8 Å². The summed E-state index contributed by atoms with van der Waals surface area (Å²) in [4.78, 5) is 0.364. The van der Waals surface area contributed by atoms with Crippen LogP contribution in [0.3, 0.4) is 0 Å². The van der Waals surface area contributed by atoms with Gasteiger partial charge in [0.1, 0.15) is 0 Å². The van der Waals surface area contributed by atoms with Gasteiger partial charge in [-0.25, -0.2) is 8.42 Å². The summed E-state index contributed by atoms with van der Waals surface area (Å²) in [5.41, 5.74) is 8.91. The Hall–Kier alpha value is -1.07. The number of anilines is 1. The van der Waals surface area contributed by atoms with Gasteiger partial charge in [-0.15, -0.1) is 0 Å². The number of nitrogens with two attached hydrogens (primary N) is 1. The average Bonchev–Trinajstić information content (AvgIpc) is 2.32. The van der Waals surface area contributed by atoms with Crippen LogP contribution in [-0.4, -0.2) is 25.8 Å². The fourth-order valence-electron chi connectivity index (χ4n) is 2.51. The molecule has 1 rings (SSSR count). The molecular formula is C15H26N2O2S. The maximum atomic E-state index is 12.9. The zero-order valence-electron chi connectivity index (χ0n) is 13.3. The van der Waals surface area contributed by atoms with E-state index in [1.54, 1.807) is 6.92 Å². The normalized spacial score (nSPS) is 12.4. The first-order valence-electron chi connectivity index (χ1n) is 6.99. The highest BCUT2D eigenvalue weighted by Crippen LogP contribution is 2.30. The van der Waals surface area contributed by atoms with Crippen molar-refractivity contribution in [2.75, 3.05) is 18.8 Å². The lowest BCUT2D eigenvalue weighted by Gasteiger charge is -2.25. The zero-order valence-corrected chi connectivity index (χ0v) is 14.1. The summed E-state index contributed by atoms with van der Waals surface area (Å²) in [6.45, 7) is 12.4. The molecular weight excluding hydrogens is 272 g/mol. The van der Waals surface area contributed by atoms with Crippen molar-refractivity contribution in [3.63, 3.8) is 0 Å². The molecule has 0 saturated heterocycles. The van der Waals surface area contributed by atoms with E-state index >= 15 is 0 Å². The maximum Gasteiger partial charge on any atom is 0.243 e. The maximum absolute atomic E-state index is 12.9. The summed E-state index contributed by atoms with van der Waals surface area (Å²) in [6.07, 6.45) is 0. The Bertz CT molecular complexity index is 592. The predicted molar refractivity (Wildman–Crippen MR) is 84.3 cm³/mol. The van der Waals surface area contributed by atoms with Crippen LogP contribution in [0.5, 0.6) is 0 Å². The van der Waals surface area contributed by atoms with Gasteiger partial charge in [0.05, 0.1) is 4.90 Å². The van der Waals surface area contributed by atoms with Gasteiger partial charge >= 0.3 is 0 Å². The second kappa shape index (κ2) is 6.14. The fourth-order valence-corrected chi connectivity index (χ4v) is 4.57. The summed E-state index contributed by atoms with van der Waals surface area (Å²) in [5.74, 6) is 0.285. The first kappa shape index (κ1) is 17.0. The molecule has 0 aromatic heterocycles. The first-order chi connectivity index (χ1) is 9.12. The van der Waals surface area contributed by atoms with E-state index in [2.05, 4.69) is 0 Å². The molecule has 4 nitrogen and oxygen atoms in total. The highest BCUT2D eigenvalue weighted by atomic mass is 32.2. The molecule has 0 aliphatic carbocycles. The molecule has 0 atom stereocenters. The fraction of sp³-hybridized carbons (Fsp3) is 0.600. The van der Waals surface area contributed by atoms with Gasteiger partial charge in [-0.3, -0.25) is 0 Å². The van der Waals surface area contributed by atoms with E-state index < -0.39 is 10.0 Å². The second-order valence-electron chi connectivity index (χ2n) is 5.73. The number of hydrogen-bond acceptors (Lipinski definition) is 3. The van der Waals surface area contributed by atoms with Crippen molar-refractivity contribution in [2.45, 2.75) is 46.4 Å². The number of hydrogen-bond donors (Lipinski definition) is 1. The van der Waals surface area contributed by atoms with E-state index in [4.69, 9.17) is 5.73 Å². The van der Waals surface area contributed by atoms with Gasteiger partial charge in [0.2, 0.25) is 10.0 Å². The van der Waals surface area contributed by atoms with Crippen LogP contribution in [0.25, 0.3) is 0 Å². The molecule has 0 amide bonds. The summed E-state index contributed by atoms with van der Waals surface area (Å²) in [6, 6.07) is 1.85. The van der Waals surface area contributed by atoms with Crippen molar-refractivity contribution in [1.82, 2.24) is 4.31 Å². The molecule has 2 N–H and O–H groups in total. The first-order valence-corrected chi connectivity index (χ1v) is 8.43. The van der Waals surface area contributed by atoms with Crippen LogP contribution in [0, 0.1) is 26.7 Å². The molecule has 0 aliphatic rings. The Morgan fingerprint density at radius 3 is 2.20 bits per heavy atom. The van der Waals surface area contributed by atoms with Gasteiger partial charge in [-0.1, -0.05) is 26.8 Å². The van der Waals surface area contributed by atoms with E-state index in [-0.39, 0.29) is 5.92 Å². The Kier molecular flexibility index (Phi) is 5.21. The van der Waals surface area contributed by atoms with E-state index in [1.165, 1.54) is 4.31 Å². The molecule has 0 heterocycles. The van der Waals surface area contributed by atoms with Crippen LogP contribution in [0.1, 0.15) is 37.5 Å². The lowest BCUT2D eigenvalue weighted by Crippen LogP contribution is -2.35. The number of sulfonamides is 1. The number of nitrogens with zero attached hydrogens (tertiary/aromatic N) is 1. The Balaban J connectivity index is 3.46. The molecule has 0 saturated carbocycles. The highest BCUT2D eigenvalue weighted by molar-refractivity contribution is 7.89. The average molecular weight is 298 g/mol. The van der Waals surface area contributed by atoms with Crippen LogP contribution >= 0.6 is 0 Å². The quantitative estimate of drug-likeness (QED) is 0.850. The van der Waals surface area contributed by atoms with E-state index in [0.29, 0.717) is 29.2 Å². The van der Waals surface area contributed by atoms with E-state index in [0.717, 1.165) is 11.1 Å². The van der Waals surface area contributed by atoms with Crippen molar-refractivity contribution in [2.24, 2.45) is 5.92 Å². The molecule has 0 aliphatic heterocycles. The molecule has 1 aromatic carbocycles. The van der Waals surface area contributed by atoms with Crippen LogP contribution < -0.4 is 5.73 Å². The lowest BCUT2D eigenvalue weighted by atomic mass is 10.1. The van der Waals surface area contributed by atoms with Gasteiger partial charge in [-0.2, -0.15) is 4.31 Å². The Labute approximate surface area is 123 Å². The lowest BCUT2D eigenvalue weighted by molar-refractivity contribution is 0.380. The topological polar surface area (TPSA) is 63.4 Å². The second-order valence-corrected chi connectivity index (χ2v) is 7.60. The third-order valence-electron chi connectivity index (χ3n) is 3.48. The SMILES string of the molecule is CCN(CC(C)C)S(=O)(=O)c1c(C)cc(C)c(N)c1C. The van der Waals surface area contributed by atoms with Crippen molar-refractivity contribution in [3.8, 4) is 0 Å². The number of benzene rings is 1. The molecule has 0 bridgehead atoms. The molecule has 5 heteroatoms. The summed E-state index contributed by atoms with van der Waals surface area (Å²) in [7, 11) is -3.49. The van der Waals surface area contributed by atoms with Crippen molar-refractivity contribution >= 4 is 15.7 Å². The van der Waals surface area contributed by atoms with Gasteiger partial charge in [0.25, 0.3) is 0 Å². The summed E-state index contributed by atoms with van der Waals surface area (Å²) >= 11 is 0. The minimum Gasteiger partial charge on any atom is -0.398 e. The van der Waals surface area contributed by atoms with Crippen molar-refractivity contribution in [3.05, 3.63) is 22.8 Å². The number of rotatable bonds is 5. The summed E-state index contributed by atoms with van der Waals surface area (Å²) in [5, 5.41) is 0. The van der Waals surface area contributed by atoms with Crippen molar-refractivity contribution < 1.29 is 8.42 Å². The molecule has 0 radical (unpaired) electrons. The highest BCUT2D eigenvalue weighted by Gasteiger charge is 2.28. The number of aryl methyl sites for hydroxylation is 2. The largest absolute Gasteiger partial charge is 0.398 e. The van der Waals surface area contributed by atoms with Gasteiger partial charge in [0.15, 0.2) is 0 Å². The minimum atomic E-state index is -3.49. The Morgan fingerprint density at radius 1 is 1.20 bits per heavy atom. The van der Waals surface area contributed by atoms with E-state index in [1.807, 2.05) is 40.7 Å². The van der Waals surface area contributed by atoms with Crippen LogP contribution in [-0.2, 0) is 10.0 Å². The third kappa shape index (κ3) is 3.15. The van der Waals surface area contributed by atoms with E-state index in [9.17, 15) is 8.42 Å². The molecule has 114 valence electrons. The Morgan fingerprint density at radius 2 is 1.75 bits per heavy atom. The minimum absolute atomic E-state index is 0.285.